The van der Waals surface area contributed by atoms with Gasteiger partial charge in [0.05, 0.1) is 11.9 Å². The Kier molecular flexibility index (Phi) is 3.96. The minimum atomic E-state index is -3.54. The molecule has 0 saturated carbocycles. The zero-order valence-corrected chi connectivity index (χ0v) is 12.9. The van der Waals surface area contributed by atoms with Gasteiger partial charge in [0, 0.05) is 13.1 Å². The molecule has 0 bridgehead atoms. The van der Waals surface area contributed by atoms with Crippen molar-refractivity contribution in [2.75, 3.05) is 7.05 Å². The lowest BCUT2D eigenvalue weighted by Crippen LogP contribution is -2.30. The predicted octanol–water partition coefficient (Wildman–Crippen LogP) is 2.41. The standard InChI is InChI=1S/C14H19N3O2S/c1-10-5-7-13(8-6-10)12(3)17(4)20(18,19)14-9-15-16-11(14)2/h5-9,12H,1-4H3,(H,15,16). The van der Waals surface area contributed by atoms with E-state index in [1.807, 2.05) is 38.1 Å². The zero-order valence-electron chi connectivity index (χ0n) is 12.1. The smallest absolute Gasteiger partial charge is 0.246 e. The number of nitrogens with zero attached hydrogens (tertiary/aromatic N) is 2. The second kappa shape index (κ2) is 5.38. The number of nitrogens with one attached hydrogen (secondary N) is 1. The Morgan fingerprint density at radius 2 is 1.80 bits per heavy atom. The van der Waals surface area contributed by atoms with Gasteiger partial charge in [-0.1, -0.05) is 29.8 Å². The van der Waals surface area contributed by atoms with Crippen molar-refractivity contribution in [1.82, 2.24) is 14.5 Å². The third-order valence-electron chi connectivity index (χ3n) is 3.55. The van der Waals surface area contributed by atoms with Crippen LogP contribution in [0.5, 0.6) is 0 Å². The largest absolute Gasteiger partial charge is 0.281 e. The van der Waals surface area contributed by atoms with E-state index < -0.39 is 10.0 Å². The van der Waals surface area contributed by atoms with Crippen LogP contribution in [0.25, 0.3) is 0 Å². The Labute approximate surface area is 119 Å². The molecule has 5 nitrogen and oxygen atoms in total. The average Bonchev–Trinajstić information content (AvgIpc) is 2.85. The van der Waals surface area contributed by atoms with Gasteiger partial charge in [-0.2, -0.15) is 9.40 Å². The first-order valence-corrected chi connectivity index (χ1v) is 7.82. The Balaban J connectivity index is 2.33. The van der Waals surface area contributed by atoms with Crippen molar-refractivity contribution >= 4 is 10.0 Å². The highest BCUT2D eigenvalue weighted by atomic mass is 32.2. The molecule has 2 aromatic rings. The monoisotopic (exact) mass is 293 g/mol. The van der Waals surface area contributed by atoms with Crippen molar-refractivity contribution < 1.29 is 8.42 Å². The maximum Gasteiger partial charge on any atom is 0.246 e. The second-order valence-electron chi connectivity index (χ2n) is 4.97. The van der Waals surface area contributed by atoms with Crippen LogP contribution >= 0.6 is 0 Å². The first-order valence-electron chi connectivity index (χ1n) is 6.38. The van der Waals surface area contributed by atoms with E-state index >= 15 is 0 Å². The lowest BCUT2D eigenvalue weighted by molar-refractivity contribution is 0.398. The van der Waals surface area contributed by atoms with Crippen LogP contribution in [0.4, 0.5) is 0 Å². The van der Waals surface area contributed by atoms with Crippen molar-refractivity contribution in [3.8, 4) is 0 Å². The molecule has 0 radical (unpaired) electrons. The fraction of sp³-hybridized carbons (Fsp3) is 0.357. The summed E-state index contributed by atoms with van der Waals surface area (Å²) in [5.74, 6) is 0. The first kappa shape index (κ1) is 14.7. The van der Waals surface area contributed by atoms with Gasteiger partial charge in [0.15, 0.2) is 0 Å². The Morgan fingerprint density at radius 1 is 1.20 bits per heavy atom. The molecule has 0 fully saturated rings. The van der Waals surface area contributed by atoms with E-state index in [9.17, 15) is 8.42 Å². The second-order valence-corrected chi connectivity index (χ2v) is 6.93. The minimum Gasteiger partial charge on any atom is -0.281 e. The Hall–Kier alpha value is -1.66. The summed E-state index contributed by atoms with van der Waals surface area (Å²) in [7, 11) is -1.95. The summed E-state index contributed by atoms with van der Waals surface area (Å²) >= 11 is 0. The molecule has 0 aliphatic carbocycles. The summed E-state index contributed by atoms with van der Waals surface area (Å²) in [5.41, 5.74) is 2.66. The molecule has 20 heavy (non-hydrogen) atoms. The van der Waals surface area contributed by atoms with Crippen LogP contribution in [0, 0.1) is 13.8 Å². The minimum absolute atomic E-state index is 0.221. The van der Waals surface area contributed by atoms with E-state index in [1.54, 1.807) is 14.0 Å². The predicted molar refractivity (Wildman–Crippen MR) is 77.9 cm³/mol. The lowest BCUT2D eigenvalue weighted by Gasteiger charge is -2.24. The first-order chi connectivity index (χ1) is 9.34. The molecule has 0 spiro atoms. The molecule has 1 unspecified atom stereocenters. The van der Waals surface area contributed by atoms with Crippen molar-refractivity contribution in [1.29, 1.82) is 0 Å². The van der Waals surface area contributed by atoms with Crippen molar-refractivity contribution in [3.05, 3.63) is 47.3 Å². The van der Waals surface area contributed by atoms with Crippen LogP contribution in [-0.4, -0.2) is 30.0 Å². The molecule has 1 aromatic carbocycles. The van der Waals surface area contributed by atoms with E-state index in [-0.39, 0.29) is 10.9 Å². The van der Waals surface area contributed by atoms with E-state index in [2.05, 4.69) is 10.2 Å². The molecule has 0 aliphatic heterocycles. The van der Waals surface area contributed by atoms with Gasteiger partial charge in [0.1, 0.15) is 4.90 Å². The molecular formula is C14H19N3O2S. The molecule has 6 heteroatoms. The molecule has 0 saturated heterocycles. The third kappa shape index (κ3) is 2.62. The lowest BCUT2D eigenvalue weighted by atomic mass is 10.1. The Morgan fingerprint density at radius 3 is 2.30 bits per heavy atom. The van der Waals surface area contributed by atoms with Gasteiger partial charge in [-0.05, 0) is 26.3 Å². The molecular weight excluding hydrogens is 274 g/mol. The van der Waals surface area contributed by atoms with Gasteiger partial charge < -0.3 is 0 Å². The number of aromatic amines is 1. The van der Waals surface area contributed by atoms with Crippen molar-refractivity contribution in [2.24, 2.45) is 0 Å². The van der Waals surface area contributed by atoms with Gasteiger partial charge in [-0.25, -0.2) is 8.42 Å². The summed E-state index contributed by atoms with van der Waals surface area (Å²) in [4.78, 5) is 0.221. The van der Waals surface area contributed by atoms with E-state index in [0.29, 0.717) is 5.69 Å². The van der Waals surface area contributed by atoms with Crippen LogP contribution in [0.3, 0.4) is 0 Å². The summed E-state index contributed by atoms with van der Waals surface area (Å²) in [6.07, 6.45) is 1.35. The molecule has 1 heterocycles. The van der Waals surface area contributed by atoms with Gasteiger partial charge in [-0.3, -0.25) is 5.10 Å². The summed E-state index contributed by atoms with van der Waals surface area (Å²) < 4.78 is 26.5. The average molecular weight is 293 g/mol. The normalized spacial score (nSPS) is 13.7. The quantitative estimate of drug-likeness (QED) is 0.941. The molecule has 1 atom stereocenters. The Bertz CT molecular complexity index is 689. The SMILES string of the molecule is Cc1ccc(C(C)N(C)S(=O)(=O)c2cn[nH]c2C)cc1. The summed E-state index contributed by atoms with van der Waals surface area (Å²) in [6.45, 7) is 5.58. The van der Waals surface area contributed by atoms with Crippen LogP contribution in [0.15, 0.2) is 35.4 Å². The number of hydrogen-bond acceptors (Lipinski definition) is 3. The van der Waals surface area contributed by atoms with E-state index in [4.69, 9.17) is 0 Å². The zero-order chi connectivity index (χ0) is 14.9. The summed E-state index contributed by atoms with van der Waals surface area (Å²) in [6, 6.07) is 7.63. The number of aromatic nitrogens is 2. The molecule has 1 N–H and O–H groups in total. The van der Waals surface area contributed by atoms with Gasteiger partial charge >= 0.3 is 0 Å². The highest BCUT2D eigenvalue weighted by molar-refractivity contribution is 7.89. The number of H-pyrrole nitrogens is 1. The molecule has 0 amide bonds. The van der Waals surface area contributed by atoms with Crippen molar-refractivity contribution in [3.63, 3.8) is 0 Å². The highest BCUT2D eigenvalue weighted by Gasteiger charge is 2.28. The maximum atomic E-state index is 12.6. The molecule has 2 rings (SSSR count). The number of benzene rings is 1. The summed E-state index contributed by atoms with van der Waals surface area (Å²) in [5, 5.41) is 6.44. The third-order valence-corrected chi connectivity index (χ3v) is 5.59. The highest BCUT2D eigenvalue weighted by Crippen LogP contribution is 2.26. The molecule has 0 aliphatic rings. The van der Waals surface area contributed by atoms with Crippen LogP contribution < -0.4 is 0 Å². The number of aryl methyl sites for hydroxylation is 2. The van der Waals surface area contributed by atoms with E-state index in [1.165, 1.54) is 10.5 Å². The number of rotatable bonds is 4. The fourth-order valence-electron chi connectivity index (χ4n) is 2.02. The molecule has 108 valence electrons. The van der Waals surface area contributed by atoms with E-state index in [0.717, 1.165) is 11.1 Å². The van der Waals surface area contributed by atoms with Gasteiger partial charge in [0.2, 0.25) is 10.0 Å². The van der Waals surface area contributed by atoms with Gasteiger partial charge in [-0.15, -0.1) is 0 Å². The van der Waals surface area contributed by atoms with Crippen molar-refractivity contribution in [2.45, 2.75) is 31.7 Å². The maximum absolute atomic E-state index is 12.6. The molecule has 1 aromatic heterocycles. The van der Waals surface area contributed by atoms with Crippen LogP contribution in [0.1, 0.15) is 29.8 Å². The fourth-order valence-corrected chi connectivity index (χ4v) is 3.48. The van der Waals surface area contributed by atoms with Crippen LogP contribution in [0.2, 0.25) is 0 Å². The topological polar surface area (TPSA) is 66.1 Å². The van der Waals surface area contributed by atoms with Gasteiger partial charge in [0.25, 0.3) is 0 Å². The number of hydrogen-bond donors (Lipinski definition) is 1. The number of sulfonamides is 1. The van der Waals surface area contributed by atoms with Crippen LogP contribution in [-0.2, 0) is 10.0 Å².